The zero-order valence-corrected chi connectivity index (χ0v) is 92.8. The largest absolute Gasteiger partial charge is 0.458 e. The highest BCUT2D eigenvalue weighted by Gasteiger charge is 2.61. The molecule has 0 aliphatic carbocycles. The van der Waals surface area contributed by atoms with Gasteiger partial charge in [-0.2, -0.15) is 0 Å². The lowest BCUT2D eigenvalue weighted by molar-refractivity contribution is -0.251. The molecule has 0 bridgehead atoms. The molecule has 6 saturated heterocycles. The predicted molar refractivity (Wildman–Crippen MR) is 550 cm³/mol. The Labute approximate surface area is 862 Å². The van der Waals surface area contributed by atoms with Gasteiger partial charge in [-0.1, -0.05) is 104 Å². The normalized spacial score (nSPS) is 33.4. The number of unbranched alkanes of at least 4 members (excludes halogenated alkanes) is 3. The number of aliphatic hydroxyl groups is 2. The van der Waals surface area contributed by atoms with Crippen LogP contribution in [-0.4, -0.2) is 314 Å². The van der Waals surface area contributed by atoms with Gasteiger partial charge in [0.2, 0.25) is 11.6 Å². The van der Waals surface area contributed by atoms with Crippen LogP contribution >= 0.6 is 0 Å². The number of hydrogen-bond donors (Lipinski definition) is 3. The van der Waals surface area contributed by atoms with E-state index in [1.54, 1.807) is 63.2 Å². The molecule has 0 spiro atoms. The number of allylic oxidation sites excluding steroid dienone is 3. The Bertz CT molecular complexity index is 4560. The Morgan fingerprint density at radius 3 is 1.37 bits per heavy atom. The number of cyclic esters (lactones) is 5. The minimum Gasteiger partial charge on any atom is -0.458 e. The smallest absolute Gasteiger partial charge is 0.410 e. The van der Waals surface area contributed by atoms with Crippen molar-refractivity contribution in [2.75, 3.05) is 81.6 Å². The van der Waals surface area contributed by atoms with Gasteiger partial charge in [0.1, 0.15) is 29.8 Å². The average Bonchev–Trinajstić information content (AvgIpc) is 1.60. The second-order valence-electron chi connectivity index (χ2n) is 43.6. The summed E-state index contributed by atoms with van der Waals surface area (Å²) in [6, 6.07) is -0.555. The number of Topliss-reactive ketones (excluding diaryl/α,β-unsaturated/α-hetero) is 1. The summed E-state index contributed by atoms with van der Waals surface area (Å²) in [5.74, 6) is -5.05. The van der Waals surface area contributed by atoms with Crippen LogP contribution in [0.25, 0.3) is 31.3 Å². The first kappa shape index (κ1) is 125. The number of carbonyl (C=O) groups excluding carboxylic acids is 8. The third kappa shape index (κ3) is 33.4. The molecule has 9 unspecified atom stereocenters. The van der Waals surface area contributed by atoms with Crippen molar-refractivity contribution in [3.05, 3.63) is 89.9 Å². The lowest BCUT2D eigenvalue weighted by Crippen LogP contribution is -2.58. The van der Waals surface area contributed by atoms with Crippen LogP contribution in [0.15, 0.2) is 74.0 Å². The fraction of sp³-hybridized carbons (Fsp3) is 0.829. The molecule has 9 rings (SSSR count). The minimum absolute atomic E-state index is 0. The molecular formula is C105H180N16O24. The van der Waals surface area contributed by atoms with E-state index < -0.39 is 132 Å². The number of fused-ring (bicyclic) bond motifs is 1. The second kappa shape index (κ2) is 56.8. The summed E-state index contributed by atoms with van der Waals surface area (Å²) in [4.78, 5) is 122. The van der Waals surface area contributed by atoms with Gasteiger partial charge in [0, 0.05) is 143 Å². The highest BCUT2D eigenvalue weighted by Crippen LogP contribution is 2.47. The minimum atomic E-state index is -1.11. The Balaban J connectivity index is 0.000000358. The molecule has 6 fully saturated rings. The SMILES string of the molecule is C/C(=C\C=O)[C@H](O[C@@H]1OC(C)CC(N(C)C)C1C)[C@@H](C)C1=CC(=O)OC(C)(C)O1.CC[C@@H](O)[C@@]1(C)OC(=O)N(CCCCN=[N+]=[N-])[C@@H]1[C@@H](C)CC/C=C(\C)[C@H](O[C@@H]1OC(C)CC(N(C)C)C1C)[C@@H](C)C1=CC(=O)OC(C)(C)O1.CC[C@@H](O)[C@@]1(C)OC(=O)N(CCCCN=[N+]=[N-])[C@@H]1[C@@H](C)N.CC[C@H]1OC(=O)[C@H](C)C(=O)[C@H](C)[C@@H](O[C@@H]2OC(C)CC(N(C)C)C2C)/C(C)=C/CC[C@H](C)[C@H]2N(CCCCN=[N+]=[N-])C(=O)O[C@]12C.[2HH]. The summed E-state index contributed by atoms with van der Waals surface area (Å²) < 4.78 is 84.8. The molecule has 0 aromatic heterocycles. The molecule has 9 aliphatic rings. The number of azide groups is 3. The molecule has 0 saturated carbocycles. The first-order valence-corrected chi connectivity index (χ1v) is 52.5. The number of aldehydes is 1. The molecule has 0 aromatic rings. The van der Waals surface area contributed by atoms with E-state index in [1.807, 2.05) is 90.0 Å². The Hall–Kier alpha value is -8.69. The Morgan fingerprint density at radius 1 is 0.572 bits per heavy atom. The number of ether oxygens (including phenoxy) is 14. The van der Waals surface area contributed by atoms with Crippen molar-refractivity contribution in [1.29, 1.82) is 0 Å². The van der Waals surface area contributed by atoms with Gasteiger partial charge in [-0.15, -0.1) is 0 Å². The molecule has 824 valence electrons. The fourth-order valence-corrected chi connectivity index (χ4v) is 22.4. The average molecular weight is 2050 g/mol. The van der Waals surface area contributed by atoms with Crippen LogP contribution in [0.4, 0.5) is 14.4 Å². The zero-order valence-electron chi connectivity index (χ0n) is 92.8. The number of nitrogens with zero attached hydrogens (tertiary/aromatic N) is 15. The van der Waals surface area contributed by atoms with Gasteiger partial charge >= 0.3 is 36.2 Å². The summed E-state index contributed by atoms with van der Waals surface area (Å²) >= 11 is 0. The lowest BCUT2D eigenvalue weighted by Gasteiger charge is -2.44. The molecule has 40 heteroatoms. The van der Waals surface area contributed by atoms with Gasteiger partial charge in [-0.05, 0) is 272 Å². The van der Waals surface area contributed by atoms with Crippen LogP contribution in [0.1, 0.15) is 284 Å². The number of hydrogen-bond acceptors (Lipinski definition) is 31. The van der Waals surface area contributed by atoms with Gasteiger partial charge in [0.05, 0.1) is 79.1 Å². The topological polar surface area (TPSA) is 498 Å². The van der Waals surface area contributed by atoms with Crippen LogP contribution in [0.2, 0.25) is 0 Å². The second-order valence-corrected chi connectivity index (χ2v) is 43.6. The number of nitrogens with two attached hydrogens (primary N) is 1. The summed E-state index contributed by atoms with van der Waals surface area (Å²) in [5.41, 5.74) is 30.9. The van der Waals surface area contributed by atoms with Crippen molar-refractivity contribution in [3.63, 3.8) is 0 Å². The van der Waals surface area contributed by atoms with Crippen LogP contribution in [0, 0.1) is 53.3 Å². The van der Waals surface area contributed by atoms with Gasteiger partial charge in [-0.3, -0.25) is 19.3 Å². The van der Waals surface area contributed by atoms with Crippen molar-refractivity contribution >= 4 is 48.3 Å². The molecular weight excluding hydrogens is 1870 g/mol. The summed E-state index contributed by atoms with van der Waals surface area (Å²) in [7, 11) is 12.4. The molecule has 0 radical (unpaired) electrons. The summed E-state index contributed by atoms with van der Waals surface area (Å²) in [5, 5.41) is 31.9. The molecule has 4 N–H and O–H groups in total. The molecule has 9 aliphatic heterocycles. The molecule has 145 heavy (non-hydrogen) atoms. The maximum Gasteiger partial charge on any atom is 0.410 e. The first-order chi connectivity index (χ1) is 67.9. The maximum absolute atomic E-state index is 13.9. The number of esters is 3. The number of ketones is 1. The van der Waals surface area contributed by atoms with Crippen LogP contribution in [-0.2, 0) is 90.3 Å². The molecule has 9 heterocycles. The Kier molecular flexibility index (Phi) is 49.0. The van der Waals surface area contributed by atoms with Crippen molar-refractivity contribution in [2.24, 2.45) is 74.3 Å². The van der Waals surface area contributed by atoms with E-state index in [0.29, 0.717) is 127 Å². The van der Waals surface area contributed by atoms with Crippen LogP contribution < -0.4 is 5.73 Å². The molecule has 3 amide bonds. The molecule has 0 aromatic carbocycles. The maximum atomic E-state index is 13.9. The van der Waals surface area contributed by atoms with Gasteiger partial charge in [0.15, 0.2) is 41.5 Å². The van der Waals surface area contributed by atoms with Crippen LogP contribution in [0.5, 0.6) is 0 Å². The van der Waals surface area contributed by atoms with E-state index in [2.05, 4.69) is 141 Å². The third-order valence-electron chi connectivity index (χ3n) is 30.3. The standard InChI is InChI=1S/C36H61N5O8.C34H57N5O7.C22H35NO6.C13H25N5O3.H2/c1-12-29(42)36(9)32(41(34(44)49-36)19-14-13-18-38-39-37)23(3)17-15-16-22(2)31(26(6)28-21-30(43)48-35(7,8)47-28)46-33-25(5)27(40(10)11)20-24(4)45-33;1-11-27-34(8)30(39(33(42)46-34)18-13-12-17-36-37-35)21(3)16-14-15-20(2)29(24(6)28(40)25(7)31(41)44-27)45-32-23(5)26(38(9)10)19-22(4)43-32;1-13(9-10-24)20(16(4)18-12-19(25)29-22(5,6)28-18)27-21-15(3)17(23(7)8)11-14(2)26-21;1-4-10(19)13(3)11(9(2)14)18(12(20)21-13)8-6-5-7-16-17-15;/h16,21,23-27,29,31-33,42H,12-15,17-20H2,1-11H3;15,21-27,29-30,32H,11-14,16-19H2,1-10H3;9-10,12,14-17,20-21H,11H2,1-8H3;9-11,19H,4-8,14H2,1-3H3;1H/b22-16+;20-15+;13-9+;;/t23-,24?,25?,26-,27?,29+,31-,32+,33-,36+;21-,22?,23?,24-,25+,26?,27+,29-,30+,32-,34+;14?,15?,16-,17?,20-,21-;9-,10-,11-,13-;/m0001./s1/i;;;;1+1. The quantitative estimate of drug-likeness (QED) is 0.00489. The van der Waals surface area contributed by atoms with Gasteiger partial charge < -0.3 is 107 Å². The number of amides is 3. The van der Waals surface area contributed by atoms with Gasteiger partial charge in [0.25, 0.3) is 0 Å². The lowest BCUT2D eigenvalue weighted by atomic mass is 9.79. The highest BCUT2D eigenvalue weighted by molar-refractivity contribution is 6.00. The number of carbonyl (C=O) groups is 8. The number of rotatable bonds is 41. The fourth-order valence-electron chi connectivity index (χ4n) is 22.4. The summed E-state index contributed by atoms with van der Waals surface area (Å²) in [6.07, 6.45) is 13.5. The van der Waals surface area contributed by atoms with E-state index in [1.165, 1.54) is 18.2 Å². The van der Waals surface area contributed by atoms with E-state index in [9.17, 15) is 48.6 Å². The number of aliphatic hydroxyl groups excluding tert-OH is 2. The monoisotopic (exact) mass is 2050 g/mol. The molecule has 31 atom stereocenters. The van der Waals surface area contributed by atoms with Crippen molar-refractivity contribution in [3.8, 4) is 0 Å². The van der Waals surface area contributed by atoms with Crippen LogP contribution in [0.3, 0.4) is 0 Å². The summed E-state index contributed by atoms with van der Waals surface area (Å²) in [6.45, 7) is 51.9. The third-order valence-corrected chi connectivity index (χ3v) is 30.3. The van der Waals surface area contributed by atoms with Crippen molar-refractivity contribution in [2.45, 2.75) is 427 Å². The van der Waals surface area contributed by atoms with E-state index in [4.69, 9.17) is 88.6 Å². The first-order valence-electron chi connectivity index (χ1n) is 52.5. The van der Waals surface area contributed by atoms with Crippen molar-refractivity contribution < 1.29 is 116 Å². The van der Waals surface area contributed by atoms with E-state index in [-0.39, 0.29) is 103 Å². The predicted octanol–water partition coefficient (Wildman–Crippen LogP) is 18.1. The van der Waals surface area contributed by atoms with Gasteiger partial charge in [-0.25, -0.2) is 24.0 Å². The Morgan fingerprint density at radius 2 is 0.972 bits per heavy atom. The van der Waals surface area contributed by atoms with Crippen molar-refractivity contribution in [1.82, 2.24) is 29.4 Å². The van der Waals surface area contributed by atoms with E-state index >= 15 is 0 Å². The zero-order chi connectivity index (χ0) is 109. The van der Waals surface area contributed by atoms with E-state index in [0.717, 1.165) is 55.1 Å². The highest BCUT2D eigenvalue weighted by atomic mass is 16.7. The molecule has 40 nitrogen and oxygen atoms in total.